The Morgan fingerprint density at radius 1 is 1.17 bits per heavy atom. The van der Waals surface area contributed by atoms with Crippen molar-refractivity contribution in [3.63, 3.8) is 0 Å². The van der Waals surface area contributed by atoms with Crippen molar-refractivity contribution in [2.24, 2.45) is 0 Å². The quantitative estimate of drug-likeness (QED) is 0.755. The smallest absolute Gasteiger partial charge is 0.307 e. The number of hydrogen-bond donors (Lipinski definition) is 2. The van der Waals surface area contributed by atoms with E-state index in [0.29, 0.717) is 17.7 Å². The van der Waals surface area contributed by atoms with Crippen LogP contribution in [-0.2, 0) is 17.8 Å². The fraction of sp³-hybridized carbons (Fsp3) is 0.176. The van der Waals surface area contributed by atoms with Gasteiger partial charge in [-0.05, 0) is 29.3 Å². The first-order valence-corrected chi connectivity index (χ1v) is 7.13. The summed E-state index contributed by atoms with van der Waals surface area (Å²) in [5.74, 6) is -0.216. The zero-order valence-corrected chi connectivity index (χ0v) is 12.6. The number of aromatic nitrogens is 2. The molecule has 0 unspecified atom stereocenters. The summed E-state index contributed by atoms with van der Waals surface area (Å²) in [5, 5.41) is 12.2. The number of aromatic amines is 1. The number of carboxylic acid groups (broad SMARTS) is 1. The van der Waals surface area contributed by atoms with E-state index in [9.17, 15) is 9.59 Å². The minimum Gasteiger partial charge on any atom is -0.497 e. The fourth-order valence-corrected chi connectivity index (χ4v) is 2.55. The van der Waals surface area contributed by atoms with Crippen molar-refractivity contribution in [2.75, 3.05) is 7.11 Å². The van der Waals surface area contributed by atoms with Gasteiger partial charge in [0, 0.05) is 0 Å². The number of hydrogen-bond acceptors (Lipinski definition) is 3. The number of ether oxygens (including phenoxy) is 1. The maximum Gasteiger partial charge on any atom is 0.307 e. The summed E-state index contributed by atoms with van der Waals surface area (Å²) in [6.07, 6.45) is 0.00333. The van der Waals surface area contributed by atoms with E-state index in [-0.39, 0.29) is 12.0 Å². The van der Waals surface area contributed by atoms with Gasteiger partial charge in [0.05, 0.1) is 31.0 Å². The van der Waals surface area contributed by atoms with Crippen LogP contribution in [0.25, 0.3) is 10.9 Å². The van der Waals surface area contributed by atoms with Crippen LogP contribution in [0.4, 0.5) is 0 Å². The normalized spacial score (nSPS) is 10.8. The second-order valence-electron chi connectivity index (χ2n) is 5.30. The molecule has 1 heterocycles. The minimum absolute atomic E-state index is 0.00333. The van der Waals surface area contributed by atoms with E-state index in [4.69, 9.17) is 9.84 Å². The summed E-state index contributed by atoms with van der Waals surface area (Å²) in [7, 11) is 1.56. The molecular formula is C17H16N2O4. The average Bonchev–Trinajstić information content (AvgIpc) is 2.84. The molecule has 0 fully saturated rings. The van der Waals surface area contributed by atoms with Gasteiger partial charge in [-0.3, -0.25) is 19.4 Å². The highest BCUT2D eigenvalue weighted by Crippen LogP contribution is 2.18. The maximum atomic E-state index is 12.0. The van der Waals surface area contributed by atoms with Gasteiger partial charge in [-0.25, -0.2) is 0 Å². The highest BCUT2D eigenvalue weighted by atomic mass is 16.5. The first-order valence-electron chi connectivity index (χ1n) is 7.13. The summed E-state index contributed by atoms with van der Waals surface area (Å²) in [5.41, 5.74) is 2.35. The van der Waals surface area contributed by atoms with E-state index in [0.717, 1.165) is 16.6 Å². The Balaban J connectivity index is 1.89. The molecule has 0 radical (unpaired) electrons. The lowest BCUT2D eigenvalue weighted by atomic mass is 10.1. The molecule has 118 valence electrons. The molecule has 0 aliphatic carbocycles. The zero-order chi connectivity index (χ0) is 16.4. The van der Waals surface area contributed by atoms with Crippen molar-refractivity contribution in [3.05, 3.63) is 63.9 Å². The number of aliphatic carboxylic acids is 1. The Morgan fingerprint density at radius 3 is 2.52 bits per heavy atom. The van der Waals surface area contributed by atoms with Crippen LogP contribution in [0.2, 0.25) is 0 Å². The standard InChI is InChI=1S/C17H16N2O4/c1-23-13-6-7-15-14(9-13)17(22)18-19(15)10-12-4-2-11(3-5-12)8-16(20)21/h2-7,9H,8,10H2,1H3,(H,18,22)(H,20,21). The Morgan fingerprint density at radius 2 is 1.87 bits per heavy atom. The van der Waals surface area contributed by atoms with Crippen LogP contribution in [0.5, 0.6) is 5.75 Å². The van der Waals surface area contributed by atoms with Crippen LogP contribution in [0.1, 0.15) is 11.1 Å². The van der Waals surface area contributed by atoms with Gasteiger partial charge in [0.1, 0.15) is 5.75 Å². The lowest BCUT2D eigenvalue weighted by molar-refractivity contribution is -0.136. The Bertz CT molecular complexity index is 906. The van der Waals surface area contributed by atoms with Gasteiger partial charge in [-0.15, -0.1) is 0 Å². The average molecular weight is 312 g/mol. The lowest BCUT2D eigenvalue weighted by Gasteiger charge is -2.06. The van der Waals surface area contributed by atoms with Gasteiger partial charge in [0.25, 0.3) is 5.56 Å². The number of carbonyl (C=O) groups is 1. The van der Waals surface area contributed by atoms with Gasteiger partial charge in [0.2, 0.25) is 0 Å². The number of benzene rings is 2. The largest absolute Gasteiger partial charge is 0.497 e. The van der Waals surface area contributed by atoms with Crippen LogP contribution in [0.3, 0.4) is 0 Å². The summed E-state index contributed by atoms with van der Waals surface area (Å²) < 4.78 is 6.91. The van der Waals surface area contributed by atoms with E-state index in [1.54, 1.807) is 30.0 Å². The summed E-state index contributed by atoms with van der Waals surface area (Å²) in [6.45, 7) is 0.498. The topological polar surface area (TPSA) is 84.3 Å². The molecule has 3 rings (SSSR count). The molecule has 2 aromatic carbocycles. The third-order valence-electron chi connectivity index (χ3n) is 3.69. The number of nitrogens with zero attached hydrogens (tertiary/aromatic N) is 1. The fourth-order valence-electron chi connectivity index (χ4n) is 2.55. The Hall–Kier alpha value is -3.02. The van der Waals surface area contributed by atoms with E-state index in [1.165, 1.54) is 0 Å². The molecule has 0 atom stereocenters. The lowest BCUT2D eigenvalue weighted by Crippen LogP contribution is -2.07. The van der Waals surface area contributed by atoms with Gasteiger partial charge in [-0.1, -0.05) is 24.3 Å². The first-order chi connectivity index (χ1) is 11.1. The van der Waals surface area contributed by atoms with Crippen molar-refractivity contribution < 1.29 is 14.6 Å². The minimum atomic E-state index is -0.854. The molecule has 0 saturated heterocycles. The molecule has 2 N–H and O–H groups in total. The van der Waals surface area contributed by atoms with E-state index in [2.05, 4.69) is 5.10 Å². The predicted octanol–water partition coefficient (Wildman–Crippen LogP) is 2.01. The third-order valence-corrected chi connectivity index (χ3v) is 3.69. The van der Waals surface area contributed by atoms with E-state index >= 15 is 0 Å². The maximum absolute atomic E-state index is 12.0. The SMILES string of the molecule is COc1ccc2c(c1)c(=O)[nH]n2Cc1ccc(CC(=O)O)cc1. The van der Waals surface area contributed by atoms with Gasteiger partial charge < -0.3 is 9.84 Å². The van der Waals surface area contributed by atoms with Gasteiger partial charge in [-0.2, -0.15) is 0 Å². The highest BCUT2D eigenvalue weighted by molar-refractivity contribution is 5.80. The van der Waals surface area contributed by atoms with Crippen LogP contribution in [0, 0.1) is 0 Å². The predicted molar refractivity (Wildman–Crippen MR) is 86.0 cm³/mol. The second kappa shape index (κ2) is 6.00. The molecule has 6 heteroatoms. The number of nitrogens with one attached hydrogen (secondary N) is 1. The first kappa shape index (κ1) is 14.9. The molecule has 6 nitrogen and oxygen atoms in total. The molecule has 0 bridgehead atoms. The highest BCUT2D eigenvalue weighted by Gasteiger charge is 2.08. The molecule has 0 spiro atoms. The molecular weight excluding hydrogens is 296 g/mol. The van der Waals surface area contributed by atoms with Crippen molar-refractivity contribution in [2.45, 2.75) is 13.0 Å². The number of methoxy groups -OCH3 is 1. The van der Waals surface area contributed by atoms with Crippen molar-refractivity contribution in [1.29, 1.82) is 0 Å². The number of rotatable bonds is 5. The summed E-state index contributed by atoms with van der Waals surface area (Å²) >= 11 is 0. The third kappa shape index (κ3) is 3.11. The monoisotopic (exact) mass is 312 g/mol. The van der Waals surface area contributed by atoms with Crippen LogP contribution < -0.4 is 10.3 Å². The number of H-pyrrole nitrogens is 1. The molecule has 1 aromatic heterocycles. The zero-order valence-electron chi connectivity index (χ0n) is 12.6. The van der Waals surface area contributed by atoms with Crippen LogP contribution >= 0.6 is 0 Å². The van der Waals surface area contributed by atoms with E-state index in [1.807, 2.05) is 24.3 Å². The number of fused-ring (bicyclic) bond motifs is 1. The molecule has 3 aromatic rings. The van der Waals surface area contributed by atoms with Crippen molar-refractivity contribution in [3.8, 4) is 5.75 Å². The summed E-state index contributed by atoms with van der Waals surface area (Å²) in [6, 6.07) is 12.7. The second-order valence-corrected chi connectivity index (χ2v) is 5.30. The molecule has 23 heavy (non-hydrogen) atoms. The Kier molecular flexibility index (Phi) is 3.89. The van der Waals surface area contributed by atoms with E-state index < -0.39 is 5.97 Å². The molecule has 0 aliphatic rings. The number of carboxylic acids is 1. The van der Waals surface area contributed by atoms with Crippen LogP contribution in [0.15, 0.2) is 47.3 Å². The molecule has 0 saturated carbocycles. The molecule has 0 amide bonds. The van der Waals surface area contributed by atoms with Gasteiger partial charge >= 0.3 is 5.97 Å². The molecule has 0 aliphatic heterocycles. The van der Waals surface area contributed by atoms with Gasteiger partial charge in [0.15, 0.2) is 0 Å². The Labute approximate surface area is 131 Å². The van der Waals surface area contributed by atoms with Crippen molar-refractivity contribution in [1.82, 2.24) is 9.78 Å². The van der Waals surface area contributed by atoms with Crippen molar-refractivity contribution >= 4 is 16.9 Å². The van der Waals surface area contributed by atoms with Crippen LogP contribution in [-0.4, -0.2) is 28.0 Å². The summed E-state index contributed by atoms with van der Waals surface area (Å²) in [4.78, 5) is 22.7.